The van der Waals surface area contributed by atoms with Gasteiger partial charge >= 0.3 is 0 Å². The zero-order valence-corrected chi connectivity index (χ0v) is 19.9. The Kier molecular flexibility index (Phi) is 6.46. The van der Waals surface area contributed by atoms with Crippen molar-refractivity contribution in [1.82, 2.24) is 9.58 Å². The van der Waals surface area contributed by atoms with Crippen LogP contribution in [0.25, 0.3) is 11.8 Å². The third-order valence-electron chi connectivity index (χ3n) is 5.77. The molecule has 0 fully saturated rings. The van der Waals surface area contributed by atoms with Gasteiger partial charge in [-0.05, 0) is 80.8 Å². The number of rotatable bonds is 7. The zero-order valence-electron chi connectivity index (χ0n) is 19.1. The normalized spacial score (nSPS) is 17.1. The van der Waals surface area contributed by atoms with Crippen molar-refractivity contribution in [3.63, 3.8) is 0 Å². The fourth-order valence-electron chi connectivity index (χ4n) is 4.09. The number of thioether (sulfide) groups is 1. The molecule has 0 unspecified atom stereocenters. The van der Waals surface area contributed by atoms with Crippen molar-refractivity contribution < 1.29 is 4.79 Å². The molecule has 6 nitrogen and oxygen atoms in total. The highest BCUT2D eigenvalue weighted by atomic mass is 32.2. The summed E-state index contributed by atoms with van der Waals surface area (Å²) in [6, 6.07) is 10.4. The number of carbonyl (C=O) groups excluding carboxylic acids is 1. The van der Waals surface area contributed by atoms with Crippen molar-refractivity contribution in [3.8, 4) is 5.69 Å². The number of fused-ring (bicyclic) bond motifs is 1. The zero-order chi connectivity index (χ0) is 22.8. The molecular formula is C25H29N5OS. The topological polar surface area (TPSA) is 73.8 Å². The first kappa shape index (κ1) is 22.3. The quantitative estimate of drug-likeness (QED) is 0.418. The number of hydrogen-bond acceptors (Lipinski definition) is 4. The molecule has 0 spiro atoms. The Hall–Kier alpha value is -2.93. The lowest BCUT2D eigenvalue weighted by atomic mass is 10.1. The first-order valence-electron chi connectivity index (χ1n) is 11.1. The standard InChI is InChI=1S/C25H29N5OS/c1-5-6-7-8-12-22-28-30-23(26)21(24(31)27-25(30)32-22)15-19-14-17(3)29(18(19)4)20-11-9-10-16(2)13-20/h9-11,13-15,26H,5-8,12H2,1-4H3. The number of unbranched alkanes of at least 4 members (excludes halogenated alkanes) is 3. The summed E-state index contributed by atoms with van der Waals surface area (Å²) in [5, 5.41) is 16.1. The Morgan fingerprint density at radius 1 is 1.12 bits per heavy atom. The van der Waals surface area contributed by atoms with Gasteiger partial charge in [-0.25, -0.2) is 0 Å². The fraction of sp³-hybridized carbons (Fsp3) is 0.360. The van der Waals surface area contributed by atoms with Crippen LogP contribution < -0.4 is 0 Å². The molecule has 0 aliphatic carbocycles. The maximum absolute atomic E-state index is 12.8. The Labute approximate surface area is 193 Å². The number of hydrogen-bond donors (Lipinski definition) is 1. The van der Waals surface area contributed by atoms with Crippen LogP contribution >= 0.6 is 11.8 Å². The summed E-state index contributed by atoms with van der Waals surface area (Å²) in [5.41, 5.74) is 5.55. The molecule has 1 aromatic heterocycles. The highest BCUT2D eigenvalue weighted by Gasteiger charge is 2.35. The summed E-state index contributed by atoms with van der Waals surface area (Å²) in [4.78, 5) is 17.0. The molecule has 2 aliphatic heterocycles. The van der Waals surface area contributed by atoms with Crippen LogP contribution in [-0.4, -0.2) is 31.5 Å². The van der Waals surface area contributed by atoms with E-state index in [9.17, 15) is 4.79 Å². The van der Waals surface area contributed by atoms with E-state index < -0.39 is 0 Å². The number of carbonyl (C=O) groups is 1. The van der Waals surface area contributed by atoms with Crippen molar-refractivity contribution in [3.05, 3.63) is 58.4 Å². The summed E-state index contributed by atoms with van der Waals surface area (Å²) >= 11 is 1.41. The molecule has 4 rings (SSSR count). The van der Waals surface area contributed by atoms with Gasteiger partial charge in [0.05, 0.1) is 5.57 Å². The minimum absolute atomic E-state index is 0.0939. The summed E-state index contributed by atoms with van der Waals surface area (Å²) in [6.07, 6.45) is 7.27. The smallest absolute Gasteiger partial charge is 0.283 e. The Bertz CT molecular complexity index is 1170. The van der Waals surface area contributed by atoms with Crippen molar-refractivity contribution in [2.75, 3.05) is 0 Å². The van der Waals surface area contributed by atoms with E-state index >= 15 is 0 Å². The molecule has 32 heavy (non-hydrogen) atoms. The van der Waals surface area contributed by atoms with Crippen molar-refractivity contribution in [2.45, 2.75) is 59.8 Å². The van der Waals surface area contributed by atoms with E-state index in [2.05, 4.69) is 46.7 Å². The van der Waals surface area contributed by atoms with Crippen LogP contribution in [0.2, 0.25) is 0 Å². The number of nitrogens with one attached hydrogen (secondary N) is 1. The average Bonchev–Trinajstić information content (AvgIpc) is 3.28. The van der Waals surface area contributed by atoms with E-state index in [-0.39, 0.29) is 17.3 Å². The molecule has 1 amide bonds. The SMILES string of the molecule is CCCCCCC1=NN2C(=N)C(=Cc3cc(C)n(-c4cccc(C)c4)c3C)C(=O)N=C2S1. The molecule has 0 atom stereocenters. The van der Waals surface area contributed by atoms with E-state index in [0.717, 1.165) is 40.5 Å². The molecule has 1 aromatic carbocycles. The maximum atomic E-state index is 12.8. The van der Waals surface area contributed by atoms with Crippen LogP contribution in [-0.2, 0) is 4.79 Å². The van der Waals surface area contributed by atoms with Crippen molar-refractivity contribution in [2.24, 2.45) is 10.1 Å². The van der Waals surface area contributed by atoms with Gasteiger partial charge in [0.2, 0.25) is 5.17 Å². The number of aliphatic imine (C=N–C) groups is 1. The third kappa shape index (κ3) is 4.35. The molecular weight excluding hydrogens is 418 g/mol. The summed E-state index contributed by atoms with van der Waals surface area (Å²) in [7, 11) is 0. The minimum atomic E-state index is -0.378. The van der Waals surface area contributed by atoms with Crippen LogP contribution in [0, 0.1) is 26.2 Å². The number of aryl methyl sites for hydroxylation is 2. The second-order valence-electron chi connectivity index (χ2n) is 8.33. The fourth-order valence-corrected chi connectivity index (χ4v) is 5.02. The number of aromatic nitrogens is 1. The van der Waals surface area contributed by atoms with Crippen LogP contribution in [0.3, 0.4) is 0 Å². The third-order valence-corrected chi connectivity index (χ3v) is 6.74. The molecule has 2 aromatic rings. The van der Waals surface area contributed by atoms with Gasteiger partial charge in [-0.2, -0.15) is 15.1 Å². The van der Waals surface area contributed by atoms with Gasteiger partial charge in [0.25, 0.3) is 5.91 Å². The minimum Gasteiger partial charge on any atom is -0.318 e. The van der Waals surface area contributed by atoms with Crippen molar-refractivity contribution >= 4 is 39.8 Å². The van der Waals surface area contributed by atoms with Gasteiger partial charge in [0.1, 0.15) is 5.04 Å². The molecule has 3 heterocycles. The largest absolute Gasteiger partial charge is 0.318 e. The Morgan fingerprint density at radius 3 is 2.69 bits per heavy atom. The number of benzene rings is 1. The van der Waals surface area contributed by atoms with E-state index in [4.69, 9.17) is 5.41 Å². The Balaban J connectivity index is 1.61. The van der Waals surface area contributed by atoms with Gasteiger partial charge < -0.3 is 4.57 Å². The van der Waals surface area contributed by atoms with Gasteiger partial charge in [0, 0.05) is 17.1 Å². The van der Waals surface area contributed by atoms with E-state index in [0.29, 0.717) is 5.17 Å². The molecule has 0 saturated heterocycles. The maximum Gasteiger partial charge on any atom is 0.283 e. The van der Waals surface area contributed by atoms with E-state index in [1.807, 2.05) is 26.0 Å². The van der Waals surface area contributed by atoms with Crippen LogP contribution in [0.5, 0.6) is 0 Å². The lowest BCUT2D eigenvalue weighted by molar-refractivity contribution is -0.114. The lowest BCUT2D eigenvalue weighted by Crippen LogP contribution is -2.35. The number of amidine groups is 2. The Morgan fingerprint density at radius 2 is 1.94 bits per heavy atom. The predicted octanol–water partition coefficient (Wildman–Crippen LogP) is 5.99. The van der Waals surface area contributed by atoms with Crippen LogP contribution in [0.1, 0.15) is 61.5 Å². The molecule has 7 heteroatoms. The first-order valence-corrected chi connectivity index (χ1v) is 12.0. The van der Waals surface area contributed by atoms with Crippen molar-refractivity contribution in [1.29, 1.82) is 5.41 Å². The summed E-state index contributed by atoms with van der Waals surface area (Å²) in [5.74, 6) is -0.284. The van der Waals surface area contributed by atoms with Crippen LogP contribution in [0.4, 0.5) is 0 Å². The summed E-state index contributed by atoms with van der Waals surface area (Å²) in [6.45, 7) is 8.35. The second kappa shape index (κ2) is 9.28. The van der Waals surface area contributed by atoms with E-state index in [1.165, 1.54) is 41.6 Å². The highest BCUT2D eigenvalue weighted by molar-refractivity contribution is 8.26. The first-order chi connectivity index (χ1) is 15.4. The van der Waals surface area contributed by atoms with E-state index in [1.54, 1.807) is 6.08 Å². The van der Waals surface area contributed by atoms with Gasteiger partial charge in [0.15, 0.2) is 5.84 Å². The van der Waals surface area contributed by atoms with Gasteiger partial charge in [-0.1, -0.05) is 38.3 Å². The van der Waals surface area contributed by atoms with Gasteiger partial charge in [-0.15, -0.1) is 0 Å². The monoisotopic (exact) mass is 447 g/mol. The number of amides is 1. The predicted molar refractivity (Wildman–Crippen MR) is 134 cm³/mol. The molecule has 1 N–H and O–H groups in total. The second-order valence-corrected chi connectivity index (χ2v) is 9.37. The molecule has 0 bridgehead atoms. The average molecular weight is 448 g/mol. The lowest BCUT2D eigenvalue weighted by Gasteiger charge is -2.20. The molecule has 0 saturated carbocycles. The van der Waals surface area contributed by atoms with Gasteiger partial charge in [-0.3, -0.25) is 10.2 Å². The summed E-state index contributed by atoms with van der Waals surface area (Å²) < 4.78 is 2.17. The van der Waals surface area contributed by atoms with Crippen LogP contribution in [0.15, 0.2) is 46.0 Å². The number of hydrazone groups is 1. The molecule has 0 radical (unpaired) electrons. The molecule has 2 aliphatic rings. The highest BCUT2D eigenvalue weighted by Crippen LogP contribution is 2.31. The number of nitrogens with zero attached hydrogens (tertiary/aromatic N) is 4. The molecule has 166 valence electrons.